The minimum atomic E-state index is -3.58. The summed E-state index contributed by atoms with van der Waals surface area (Å²) in [4.78, 5) is 25.0. The fraction of sp³-hybridized carbons (Fsp3) is 0.381. The summed E-state index contributed by atoms with van der Waals surface area (Å²) < 4.78 is 27.4. The number of carbonyl (C=O) groups excluding carboxylic acids is 1. The molecule has 166 valence electrons. The van der Waals surface area contributed by atoms with Crippen LogP contribution in [0.5, 0.6) is 0 Å². The molecule has 0 aliphatic carbocycles. The van der Waals surface area contributed by atoms with Gasteiger partial charge in [-0.05, 0) is 44.0 Å². The standard InChI is InChI=1S/C21H26N4O5S/c1-15-4-7-20(17(3)12-15)31(29,30)24-10-8-23(9-11-24)14-21(26)22-19-6-5-18(25(27)28)13-16(19)2/h4-7,12-13H,8-11,14H2,1-3H3,(H,22,26). The van der Waals surface area contributed by atoms with Crippen molar-refractivity contribution >= 4 is 27.3 Å². The minimum Gasteiger partial charge on any atom is -0.325 e. The fourth-order valence-corrected chi connectivity index (χ4v) is 5.28. The number of hydrogen-bond acceptors (Lipinski definition) is 6. The average molecular weight is 447 g/mol. The topological polar surface area (TPSA) is 113 Å². The Morgan fingerprint density at radius 2 is 1.71 bits per heavy atom. The van der Waals surface area contributed by atoms with E-state index in [2.05, 4.69) is 5.32 Å². The smallest absolute Gasteiger partial charge is 0.269 e. The van der Waals surface area contributed by atoms with Gasteiger partial charge in [0.25, 0.3) is 5.69 Å². The Hall–Kier alpha value is -2.82. The van der Waals surface area contributed by atoms with Crippen LogP contribution < -0.4 is 5.32 Å². The molecule has 1 fully saturated rings. The second-order valence-corrected chi connectivity index (χ2v) is 9.66. The van der Waals surface area contributed by atoms with E-state index in [1.54, 1.807) is 26.0 Å². The van der Waals surface area contributed by atoms with Crippen LogP contribution in [0.25, 0.3) is 0 Å². The predicted molar refractivity (Wildman–Crippen MR) is 118 cm³/mol. The Labute approximate surface area is 181 Å². The van der Waals surface area contributed by atoms with Gasteiger partial charge in [0.1, 0.15) is 0 Å². The lowest BCUT2D eigenvalue weighted by Crippen LogP contribution is -2.50. The van der Waals surface area contributed by atoms with Gasteiger partial charge in [0.2, 0.25) is 15.9 Å². The maximum absolute atomic E-state index is 13.0. The Balaban J connectivity index is 1.57. The van der Waals surface area contributed by atoms with Crippen molar-refractivity contribution in [2.45, 2.75) is 25.7 Å². The first-order chi connectivity index (χ1) is 14.6. The Morgan fingerprint density at radius 3 is 2.29 bits per heavy atom. The molecule has 0 atom stereocenters. The number of benzene rings is 2. The number of amides is 1. The molecule has 2 aromatic carbocycles. The number of nitro benzene ring substituents is 1. The molecule has 1 aliphatic rings. The van der Waals surface area contributed by atoms with Gasteiger partial charge >= 0.3 is 0 Å². The summed E-state index contributed by atoms with van der Waals surface area (Å²) in [5, 5.41) is 13.6. The number of piperazine rings is 1. The highest BCUT2D eigenvalue weighted by molar-refractivity contribution is 7.89. The summed E-state index contributed by atoms with van der Waals surface area (Å²) >= 11 is 0. The summed E-state index contributed by atoms with van der Waals surface area (Å²) in [6, 6.07) is 9.56. The molecule has 1 aliphatic heterocycles. The van der Waals surface area contributed by atoms with Gasteiger partial charge in [-0.2, -0.15) is 4.31 Å². The monoisotopic (exact) mass is 446 g/mol. The van der Waals surface area contributed by atoms with Crippen molar-refractivity contribution in [3.8, 4) is 0 Å². The molecule has 0 bridgehead atoms. The molecule has 10 heteroatoms. The van der Waals surface area contributed by atoms with E-state index in [0.29, 0.717) is 42.3 Å². The number of nitrogens with zero attached hydrogens (tertiary/aromatic N) is 3. The van der Waals surface area contributed by atoms with Crippen molar-refractivity contribution in [1.82, 2.24) is 9.21 Å². The van der Waals surface area contributed by atoms with Gasteiger partial charge in [0, 0.05) is 44.0 Å². The molecule has 1 saturated heterocycles. The van der Waals surface area contributed by atoms with E-state index in [4.69, 9.17) is 0 Å². The molecular weight excluding hydrogens is 420 g/mol. The molecule has 9 nitrogen and oxygen atoms in total. The van der Waals surface area contributed by atoms with Crippen LogP contribution in [-0.4, -0.2) is 61.2 Å². The Morgan fingerprint density at radius 1 is 1.03 bits per heavy atom. The van der Waals surface area contributed by atoms with Crippen molar-refractivity contribution in [2.24, 2.45) is 0 Å². The first kappa shape index (κ1) is 22.9. The van der Waals surface area contributed by atoms with Gasteiger partial charge < -0.3 is 5.32 Å². The van der Waals surface area contributed by atoms with Crippen LogP contribution in [0.15, 0.2) is 41.3 Å². The molecule has 1 N–H and O–H groups in total. The fourth-order valence-electron chi connectivity index (χ4n) is 3.65. The number of nitrogens with one attached hydrogen (secondary N) is 1. The Kier molecular flexibility index (Phi) is 6.73. The zero-order valence-electron chi connectivity index (χ0n) is 17.8. The number of carbonyl (C=O) groups is 1. The lowest BCUT2D eigenvalue weighted by molar-refractivity contribution is -0.384. The van der Waals surface area contributed by atoms with Crippen LogP contribution in [0.2, 0.25) is 0 Å². The summed E-state index contributed by atoms with van der Waals surface area (Å²) in [6.45, 7) is 7.02. The van der Waals surface area contributed by atoms with E-state index in [0.717, 1.165) is 11.1 Å². The summed E-state index contributed by atoms with van der Waals surface area (Å²) in [5.41, 5.74) is 2.83. The summed E-state index contributed by atoms with van der Waals surface area (Å²) in [5.74, 6) is -0.248. The normalized spacial score (nSPS) is 15.6. The predicted octanol–water partition coefficient (Wildman–Crippen LogP) is 2.47. The van der Waals surface area contributed by atoms with Crippen LogP contribution >= 0.6 is 0 Å². The molecule has 31 heavy (non-hydrogen) atoms. The van der Waals surface area contributed by atoms with Crippen molar-refractivity contribution in [3.63, 3.8) is 0 Å². The maximum atomic E-state index is 13.0. The number of nitro groups is 1. The van der Waals surface area contributed by atoms with E-state index >= 15 is 0 Å². The van der Waals surface area contributed by atoms with Gasteiger partial charge in [-0.1, -0.05) is 17.7 Å². The van der Waals surface area contributed by atoms with Crippen molar-refractivity contribution in [3.05, 3.63) is 63.2 Å². The zero-order valence-corrected chi connectivity index (χ0v) is 18.6. The van der Waals surface area contributed by atoms with Gasteiger partial charge in [0.05, 0.1) is 16.4 Å². The zero-order chi connectivity index (χ0) is 22.8. The maximum Gasteiger partial charge on any atom is 0.269 e. The highest BCUT2D eigenvalue weighted by atomic mass is 32.2. The first-order valence-corrected chi connectivity index (χ1v) is 11.4. The number of non-ortho nitro benzene ring substituents is 1. The van der Waals surface area contributed by atoms with E-state index in [1.807, 2.05) is 17.9 Å². The number of rotatable bonds is 6. The second kappa shape index (κ2) is 9.13. The third-order valence-corrected chi connectivity index (χ3v) is 7.40. The highest BCUT2D eigenvalue weighted by Crippen LogP contribution is 2.23. The molecule has 0 unspecified atom stereocenters. The molecule has 2 aromatic rings. The molecule has 0 aromatic heterocycles. The summed E-state index contributed by atoms with van der Waals surface area (Å²) in [7, 11) is -3.58. The first-order valence-electron chi connectivity index (χ1n) is 9.92. The van der Waals surface area contributed by atoms with Crippen LogP contribution in [0.4, 0.5) is 11.4 Å². The van der Waals surface area contributed by atoms with Crippen LogP contribution in [0, 0.1) is 30.9 Å². The van der Waals surface area contributed by atoms with Gasteiger partial charge in [-0.25, -0.2) is 8.42 Å². The molecule has 0 radical (unpaired) electrons. The van der Waals surface area contributed by atoms with Crippen LogP contribution in [0.1, 0.15) is 16.7 Å². The minimum absolute atomic E-state index is 0.0309. The molecule has 1 amide bonds. The number of sulfonamides is 1. The highest BCUT2D eigenvalue weighted by Gasteiger charge is 2.30. The van der Waals surface area contributed by atoms with E-state index in [9.17, 15) is 23.3 Å². The molecule has 0 spiro atoms. The SMILES string of the molecule is Cc1ccc(S(=O)(=O)N2CCN(CC(=O)Nc3ccc([N+](=O)[O-])cc3C)CC2)c(C)c1. The van der Waals surface area contributed by atoms with E-state index in [-0.39, 0.29) is 18.1 Å². The van der Waals surface area contributed by atoms with Crippen LogP contribution in [-0.2, 0) is 14.8 Å². The van der Waals surface area contributed by atoms with Crippen molar-refractivity contribution < 1.29 is 18.1 Å². The van der Waals surface area contributed by atoms with Crippen molar-refractivity contribution in [1.29, 1.82) is 0 Å². The van der Waals surface area contributed by atoms with Crippen molar-refractivity contribution in [2.75, 3.05) is 38.0 Å². The quantitative estimate of drug-likeness (QED) is 0.539. The summed E-state index contributed by atoms with van der Waals surface area (Å²) in [6.07, 6.45) is 0. The lowest BCUT2D eigenvalue weighted by Gasteiger charge is -2.33. The molecule has 1 heterocycles. The largest absolute Gasteiger partial charge is 0.325 e. The third-order valence-electron chi connectivity index (χ3n) is 5.34. The van der Waals surface area contributed by atoms with Gasteiger partial charge in [-0.3, -0.25) is 19.8 Å². The average Bonchev–Trinajstić information content (AvgIpc) is 2.69. The number of anilines is 1. The second-order valence-electron chi connectivity index (χ2n) is 7.75. The number of aryl methyl sites for hydroxylation is 3. The molecule has 3 rings (SSSR count). The van der Waals surface area contributed by atoms with Crippen LogP contribution in [0.3, 0.4) is 0 Å². The lowest BCUT2D eigenvalue weighted by atomic mass is 10.2. The van der Waals surface area contributed by atoms with E-state index < -0.39 is 14.9 Å². The molecular formula is C21H26N4O5S. The third kappa shape index (κ3) is 5.27. The number of hydrogen-bond donors (Lipinski definition) is 1. The van der Waals surface area contributed by atoms with Gasteiger partial charge in [0.15, 0.2) is 0 Å². The van der Waals surface area contributed by atoms with Gasteiger partial charge in [-0.15, -0.1) is 0 Å². The van der Waals surface area contributed by atoms with E-state index in [1.165, 1.54) is 22.5 Å². The Bertz CT molecular complexity index is 1110. The molecule has 0 saturated carbocycles.